The number of ether oxygens (including phenoxy) is 2. The number of hydrogen-bond acceptors (Lipinski definition) is 6. The van der Waals surface area contributed by atoms with E-state index >= 15 is 0 Å². The standard InChI is InChI=1S/C21H21N5O2S/c1-25-13-15(12-22-25)14-29-21-24-23-20(16-4-8-18(27-2)9-5-16)26(21)17-6-10-19(28-3)11-7-17/h4-13H,14H2,1-3H3. The molecule has 2 aromatic heterocycles. The molecule has 7 nitrogen and oxygen atoms in total. The Bertz CT molecular complexity index is 1090. The van der Waals surface area contributed by atoms with Crippen molar-refractivity contribution in [2.45, 2.75) is 10.9 Å². The van der Waals surface area contributed by atoms with E-state index in [4.69, 9.17) is 9.47 Å². The summed E-state index contributed by atoms with van der Waals surface area (Å²) < 4.78 is 14.4. The van der Waals surface area contributed by atoms with Crippen molar-refractivity contribution in [3.05, 3.63) is 66.5 Å². The molecule has 0 bridgehead atoms. The molecule has 8 heteroatoms. The third-order valence-electron chi connectivity index (χ3n) is 4.44. The van der Waals surface area contributed by atoms with Gasteiger partial charge in [0.05, 0.1) is 20.4 Å². The first kappa shape index (κ1) is 19.1. The van der Waals surface area contributed by atoms with Gasteiger partial charge < -0.3 is 9.47 Å². The van der Waals surface area contributed by atoms with Gasteiger partial charge in [-0.1, -0.05) is 11.8 Å². The summed E-state index contributed by atoms with van der Waals surface area (Å²) in [7, 11) is 5.23. The van der Waals surface area contributed by atoms with Gasteiger partial charge in [-0.05, 0) is 48.5 Å². The molecule has 0 N–H and O–H groups in total. The molecule has 4 aromatic rings. The van der Waals surface area contributed by atoms with Crippen molar-refractivity contribution >= 4 is 11.8 Å². The fourth-order valence-corrected chi connectivity index (χ4v) is 3.81. The van der Waals surface area contributed by atoms with Crippen LogP contribution in [0.15, 0.2) is 66.1 Å². The zero-order valence-electron chi connectivity index (χ0n) is 16.4. The van der Waals surface area contributed by atoms with E-state index < -0.39 is 0 Å². The molecule has 0 aliphatic carbocycles. The minimum absolute atomic E-state index is 0.755. The first-order valence-corrected chi connectivity index (χ1v) is 10.0. The van der Waals surface area contributed by atoms with Crippen LogP contribution in [0.1, 0.15) is 5.56 Å². The molecule has 0 spiro atoms. The second-order valence-corrected chi connectivity index (χ2v) is 7.32. The molecule has 29 heavy (non-hydrogen) atoms. The van der Waals surface area contributed by atoms with Crippen LogP contribution in [-0.2, 0) is 12.8 Å². The van der Waals surface area contributed by atoms with Gasteiger partial charge in [-0.15, -0.1) is 10.2 Å². The number of hydrogen-bond donors (Lipinski definition) is 0. The van der Waals surface area contributed by atoms with Gasteiger partial charge >= 0.3 is 0 Å². The van der Waals surface area contributed by atoms with E-state index in [1.165, 1.54) is 0 Å². The number of benzene rings is 2. The highest BCUT2D eigenvalue weighted by molar-refractivity contribution is 7.98. The lowest BCUT2D eigenvalue weighted by molar-refractivity contribution is 0.414. The quantitative estimate of drug-likeness (QED) is 0.432. The van der Waals surface area contributed by atoms with Gasteiger partial charge in [0.2, 0.25) is 0 Å². The maximum Gasteiger partial charge on any atom is 0.196 e. The van der Waals surface area contributed by atoms with Crippen molar-refractivity contribution in [3.8, 4) is 28.6 Å². The van der Waals surface area contributed by atoms with Gasteiger partial charge in [0.15, 0.2) is 11.0 Å². The van der Waals surface area contributed by atoms with Crippen LogP contribution in [0.4, 0.5) is 0 Å². The van der Waals surface area contributed by atoms with Gasteiger partial charge in [-0.3, -0.25) is 9.25 Å². The lowest BCUT2D eigenvalue weighted by Crippen LogP contribution is -2.00. The highest BCUT2D eigenvalue weighted by atomic mass is 32.2. The van der Waals surface area contributed by atoms with Crippen molar-refractivity contribution < 1.29 is 9.47 Å². The summed E-state index contributed by atoms with van der Waals surface area (Å²) in [5, 5.41) is 14.0. The molecule has 4 rings (SSSR count). The largest absolute Gasteiger partial charge is 0.497 e. The Hall–Kier alpha value is -3.26. The molecular formula is C21H21N5O2S. The monoisotopic (exact) mass is 407 g/mol. The van der Waals surface area contributed by atoms with E-state index in [2.05, 4.69) is 19.9 Å². The minimum atomic E-state index is 0.755. The summed E-state index contributed by atoms with van der Waals surface area (Å²) in [6.45, 7) is 0. The zero-order valence-corrected chi connectivity index (χ0v) is 17.3. The van der Waals surface area contributed by atoms with Crippen molar-refractivity contribution in [1.29, 1.82) is 0 Å². The number of rotatable bonds is 7. The van der Waals surface area contributed by atoms with Crippen LogP contribution in [0.3, 0.4) is 0 Å². The molecule has 0 unspecified atom stereocenters. The molecule has 0 saturated heterocycles. The third-order valence-corrected chi connectivity index (χ3v) is 5.44. The molecule has 0 radical (unpaired) electrons. The molecule has 0 atom stereocenters. The molecule has 0 fully saturated rings. The summed E-state index contributed by atoms with van der Waals surface area (Å²) in [4.78, 5) is 0. The van der Waals surface area contributed by atoms with Crippen molar-refractivity contribution in [3.63, 3.8) is 0 Å². The Balaban J connectivity index is 1.72. The van der Waals surface area contributed by atoms with Crippen LogP contribution in [0.2, 0.25) is 0 Å². The Morgan fingerprint density at radius 1 is 0.897 bits per heavy atom. The van der Waals surface area contributed by atoms with E-state index in [0.717, 1.165) is 45.0 Å². The maximum atomic E-state index is 5.30. The van der Waals surface area contributed by atoms with Crippen LogP contribution >= 0.6 is 11.8 Å². The summed E-state index contributed by atoms with van der Waals surface area (Å²) in [5.74, 6) is 3.13. The molecule has 2 aromatic carbocycles. The van der Waals surface area contributed by atoms with Crippen LogP contribution in [0, 0.1) is 0 Å². The van der Waals surface area contributed by atoms with Gasteiger partial charge in [-0.25, -0.2) is 0 Å². The van der Waals surface area contributed by atoms with Gasteiger partial charge in [0, 0.05) is 35.8 Å². The van der Waals surface area contributed by atoms with E-state index in [0.29, 0.717) is 0 Å². The Kier molecular flexibility index (Phi) is 5.53. The van der Waals surface area contributed by atoms with E-state index in [1.807, 2.05) is 68.0 Å². The summed E-state index contributed by atoms with van der Waals surface area (Å²) >= 11 is 1.62. The summed E-state index contributed by atoms with van der Waals surface area (Å²) in [6, 6.07) is 15.7. The third kappa shape index (κ3) is 4.12. The number of methoxy groups -OCH3 is 2. The molecule has 0 aliphatic rings. The number of nitrogens with zero attached hydrogens (tertiary/aromatic N) is 5. The predicted molar refractivity (Wildman–Crippen MR) is 113 cm³/mol. The van der Waals surface area contributed by atoms with Crippen LogP contribution in [0.5, 0.6) is 11.5 Å². The van der Waals surface area contributed by atoms with E-state index in [1.54, 1.807) is 30.7 Å². The van der Waals surface area contributed by atoms with Gasteiger partial charge in [0.25, 0.3) is 0 Å². The Labute approximate surface area is 173 Å². The highest BCUT2D eigenvalue weighted by Crippen LogP contribution is 2.31. The van der Waals surface area contributed by atoms with Crippen LogP contribution < -0.4 is 9.47 Å². The maximum absolute atomic E-state index is 5.30. The van der Waals surface area contributed by atoms with Crippen LogP contribution in [-0.4, -0.2) is 38.8 Å². The zero-order chi connectivity index (χ0) is 20.2. The molecule has 0 amide bonds. The number of aryl methyl sites for hydroxylation is 1. The minimum Gasteiger partial charge on any atom is -0.497 e. The normalized spacial score (nSPS) is 10.9. The van der Waals surface area contributed by atoms with Crippen molar-refractivity contribution in [2.24, 2.45) is 7.05 Å². The molecule has 0 saturated carbocycles. The molecular weight excluding hydrogens is 386 g/mol. The average Bonchev–Trinajstić information content (AvgIpc) is 3.38. The highest BCUT2D eigenvalue weighted by Gasteiger charge is 2.17. The number of thioether (sulfide) groups is 1. The SMILES string of the molecule is COc1ccc(-c2nnc(SCc3cnn(C)c3)n2-c2ccc(OC)cc2)cc1. The van der Waals surface area contributed by atoms with Crippen molar-refractivity contribution in [1.82, 2.24) is 24.5 Å². The smallest absolute Gasteiger partial charge is 0.196 e. The topological polar surface area (TPSA) is 67.0 Å². The second-order valence-electron chi connectivity index (χ2n) is 6.38. The summed E-state index contributed by atoms with van der Waals surface area (Å²) in [5.41, 5.74) is 3.06. The molecule has 2 heterocycles. The fraction of sp³-hybridized carbons (Fsp3) is 0.190. The lowest BCUT2D eigenvalue weighted by atomic mass is 10.2. The van der Waals surface area contributed by atoms with Crippen molar-refractivity contribution in [2.75, 3.05) is 14.2 Å². The Morgan fingerprint density at radius 2 is 1.55 bits per heavy atom. The second kappa shape index (κ2) is 8.40. The Morgan fingerprint density at radius 3 is 2.14 bits per heavy atom. The predicted octanol–water partition coefficient (Wildman–Crippen LogP) is 3.98. The van der Waals surface area contributed by atoms with Crippen LogP contribution in [0.25, 0.3) is 17.1 Å². The first-order chi connectivity index (χ1) is 14.2. The molecule has 148 valence electrons. The van der Waals surface area contributed by atoms with E-state index in [-0.39, 0.29) is 0 Å². The molecule has 0 aliphatic heterocycles. The fourth-order valence-electron chi connectivity index (χ4n) is 2.95. The lowest BCUT2D eigenvalue weighted by Gasteiger charge is -2.11. The average molecular weight is 407 g/mol. The van der Waals surface area contributed by atoms with Gasteiger partial charge in [0.1, 0.15) is 11.5 Å². The summed E-state index contributed by atoms with van der Waals surface area (Å²) in [6.07, 6.45) is 3.87. The number of aromatic nitrogens is 5. The first-order valence-electron chi connectivity index (χ1n) is 9.02. The van der Waals surface area contributed by atoms with E-state index in [9.17, 15) is 0 Å². The van der Waals surface area contributed by atoms with Gasteiger partial charge in [-0.2, -0.15) is 5.10 Å².